The number of amides is 1. The number of carboxylic acid groups (broad SMARTS) is 1. The first-order valence-electron chi connectivity index (χ1n) is 4.40. The van der Waals surface area contributed by atoms with Gasteiger partial charge in [0.05, 0.1) is 23.9 Å². The zero-order valence-corrected chi connectivity index (χ0v) is 9.24. The van der Waals surface area contributed by atoms with Gasteiger partial charge >= 0.3 is 18.9 Å². The maximum absolute atomic E-state index is 10.8. The number of nitrogens with one attached hydrogen (secondary N) is 2. The number of aliphatic carboxylic acids is 1. The second kappa shape index (κ2) is 6.94. The molecule has 0 saturated heterocycles. The van der Waals surface area contributed by atoms with Crippen molar-refractivity contribution in [3.63, 3.8) is 0 Å². The number of hydrogen-bond donors (Lipinski definition) is 2. The van der Waals surface area contributed by atoms with Crippen molar-refractivity contribution >= 4 is 23.3 Å². The molecule has 0 aliphatic carbocycles. The molecular weight excluding hydrogens is 203 g/mol. The van der Waals surface area contributed by atoms with Gasteiger partial charge in [-0.1, -0.05) is 12.1 Å². The van der Waals surface area contributed by atoms with Gasteiger partial charge in [0.1, 0.15) is 0 Å². The molecule has 0 saturated carbocycles. The minimum Gasteiger partial charge on any atom is -0.548 e. The molecule has 2 N–H and O–H groups in total. The summed E-state index contributed by atoms with van der Waals surface area (Å²) in [6.45, 7) is 1.09. The summed E-state index contributed by atoms with van der Waals surface area (Å²) in [4.78, 5) is 21.1. The Balaban J connectivity index is 0.00000225. The van der Waals surface area contributed by atoms with Crippen LogP contribution in [0, 0.1) is 0 Å². The Labute approximate surface area is 105 Å². The Hall–Kier alpha value is -1.44. The molecule has 1 rings (SSSR count). The molecule has 0 aliphatic heterocycles. The molecule has 0 fully saturated rings. The maximum Gasteiger partial charge on any atom is 1.00 e. The van der Waals surface area contributed by atoms with Gasteiger partial charge in [-0.25, -0.2) is 0 Å². The number of carbonyl (C=O) groups is 2. The number of rotatable bonds is 4. The second-order valence-electron chi connectivity index (χ2n) is 2.95. The average molecular weight is 214 g/mol. The van der Waals surface area contributed by atoms with E-state index >= 15 is 0 Å². The van der Waals surface area contributed by atoms with Crippen LogP contribution < -0.4 is 34.6 Å². The van der Waals surface area contributed by atoms with Crippen LogP contribution in [0.2, 0.25) is 0 Å². The smallest absolute Gasteiger partial charge is 0.548 e. The van der Waals surface area contributed by atoms with Gasteiger partial charge in [0.25, 0.3) is 0 Å². The number of benzene rings is 1. The summed E-state index contributed by atoms with van der Waals surface area (Å²) in [6, 6.07) is 6.84. The number of carboxylic acids is 1. The van der Waals surface area contributed by atoms with E-state index in [0.29, 0.717) is 11.4 Å². The largest absolute Gasteiger partial charge is 1.00 e. The van der Waals surface area contributed by atoms with E-state index in [4.69, 9.17) is 0 Å². The van der Waals surface area contributed by atoms with Crippen molar-refractivity contribution in [1.29, 1.82) is 0 Å². The summed E-state index contributed by atoms with van der Waals surface area (Å²) in [5, 5.41) is 15.5. The fourth-order valence-corrected chi connectivity index (χ4v) is 1.10. The average Bonchev–Trinajstić information content (AvgIpc) is 2.15. The molecule has 5 nitrogen and oxygen atoms in total. The van der Waals surface area contributed by atoms with Crippen LogP contribution in [0.25, 0.3) is 0 Å². The van der Waals surface area contributed by atoms with E-state index in [9.17, 15) is 14.7 Å². The number of para-hydroxylation sites is 2. The molecule has 1 aromatic rings. The quantitative estimate of drug-likeness (QED) is 0.517. The van der Waals surface area contributed by atoms with Crippen LogP contribution in [0.3, 0.4) is 0 Å². The van der Waals surface area contributed by atoms with Crippen molar-refractivity contribution in [2.75, 3.05) is 17.2 Å². The van der Waals surface area contributed by atoms with E-state index in [0.717, 1.165) is 0 Å². The summed E-state index contributed by atoms with van der Waals surface area (Å²) in [5.41, 5.74) is 1.10. The van der Waals surface area contributed by atoms with Gasteiger partial charge in [0.15, 0.2) is 0 Å². The van der Waals surface area contributed by atoms with Crippen molar-refractivity contribution in [1.82, 2.24) is 0 Å². The third-order valence-electron chi connectivity index (χ3n) is 1.66. The predicted molar refractivity (Wildman–Crippen MR) is 54.2 cm³/mol. The molecule has 80 valence electrons. The van der Waals surface area contributed by atoms with Gasteiger partial charge in [0, 0.05) is 6.92 Å². The SMILES string of the molecule is CC(=O)Nc1ccccc1NCC(=O)[O-].[Li+]. The molecule has 0 radical (unpaired) electrons. The summed E-state index contributed by atoms with van der Waals surface area (Å²) in [7, 11) is 0. The summed E-state index contributed by atoms with van der Waals surface area (Å²) in [6.07, 6.45) is 0. The van der Waals surface area contributed by atoms with Gasteiger partial charge in [-0.15, -0.1) is 0 Å². The van der Waals surface area contributed by atoms with E-state index in [2.05, 4.69) is 10.6 Å². The van der Waals surface area contributed by atoms with Crippen LogP contribution in [0.15, 0.2) is 24.3 Å². The van der Waals surface area contributed by atoms with Crippen LogP contribution in [0.1, 0.15) is 6.92 Å². The monoisotopic (exact) mass is 214 g/mol. The standard InChI is InChI=1S/C10H12N2O3.Li/c1-7(13)12-9-5-3-2-4-8(9)11-6-10(14)15;/h2-5,11H,6H2,1H3,(H,12,13)(H,14,15);/q;+1/p-1. The Morgan fingerprint density at radius 2 is 1.81 bits per heavy atom. The second-order valence-corrected chi connectivity index (χ2v) is 2.95. The van der Waals surface area contributed by atoms with E-state index in [1.54, 1.807) is 24.3 Å². The van der Waals surface area contributed by atoms with Gasteiger partial charge < -0.3 is 20.5 Å². The van der Waals surface area contributed by atoms with Crippen molar-refractivity contribution < 1.29 is 33.6 Å². The van der Waals surface area contributed by atoms with Gasteiger partial charge in [-0.2, -0.15) is 0 Å². The molecule has 0 unspecified atom stereocenters. The number of anilines is 2. The zero-order chi connectivity index (χ0) is 11.3. The van der Waals surface area contributed by atoms with Crippen LogP contribution in [-0.4, -0.2) is 18.4 Å². The Kier molecular flexibility index (Phi) is 6.31. The van der Waals surface area contributed by atoms with E-state index in [-0.39, 0.29) is 31.3 Å². The molecule has 6 heteroatoms. The third-order valence-corrected chi connectivity index (χ3v) is 1.66. The van der Waals surface area contributed by atoms with Crippen LogP contribution in [0.4, 0.5) is 11.4 Å². The van der Waals surface area contributed by atoms with Crippen molar-refractivity contribution in [2.45, 2.75) is 6.92 Å². The molecule has 0 aliphatic rings. The minimum atomic E-state index is -1.20. The maximum atomic E-state index is 10.8. The first-order valence-corrected chi connectivity index (χ1v) is 4.40. The van der Waals surface area contributed by atoms with Crippen LogP contribution in [0.5, 0.6) is 0 Å². The van der Waals surface area contributed by atoms with Crippen molar-refractivity contribution in [3.05, 3.63) is 24.3 Å². The third kappa shape index (κ3) is 4.87. The molecular formula is C10H11LiN2O3. The number of carbonyl (C=O) groups excluding carboxylic acids is 2. The van der Waals surface area contributed by atoms with E-state index < -0.39 is 5.97 Å². The van der Waals surface area contributed by atoms with Crippen molar-refractivity contribution in [3.8, 4) is 0 Å². The summed E-state index contributed by atoms with van der Waals surface area (Å²) < 4.78 is 0. The Bertz CT molecular complexity index is 382. The van der Waals surface area contributed by atoms with Gasteiger partial charge in [-0.3, -0.25) is 4.79 Å². The van der Waals surface area contributed by atoms with E-state index in [1.165, 1.54) is 6.92 Å². The van der Waals surface area contributed by atoms with Crippen molar-refractivity contribution in [2.24, 2.45) is 0 Å². The first kappa shape index (κ1) is 14.6. The molecule has 0 aromatic heterocycles. The Morgan fingerprint density at radius 1 is 1.25 bits per heavy atom. The first-order chi connectivity index (χ1) is 7.09. The van der Waals surface area contributed by atoms with Gasteiger partial charge in [-0.05, 0) is 12.1 Å². The minimum absolute atomic E-state index is 0. The van der Waals surface area contributed by atoms with E-state index in [1.807, 2.05) is 0 Å². The molecule has 0 spiro atoms. The van der Waals surface area contributed by atoms with Gasteiger partial charge in [0.2, 0.25) is 5.91 Å². The van der Waals surface area contributed by atoms with Crippen LogP contribution >= 0.6 is 0 Å². The fourth-order valence-electron chi connectivity index (χ4n) is 1.10. The topological polar surface area (TPSA) is 81.3 Å². The van der Waals surface area contributed by atoms with Crippen LogP contribution in [-0.2, 0) is 9.59 Å². The predicted octanol–water partition coefficient (Wildman–Crippen LogP) is -3.19. The summed E-state index contributed by atoms with van der Waals surface area (Å²) in [5.74, 6) is -1.41. The number of hydrogen-bond acceptors (Lipinski definition) is 4. The molecule has 0 atom stereocenters. The zero-order valence-electron chi connectivity index (χ0n) is 9.24. The molecule has 16 heavy (non-hydrogen) atoms. The normalized spacial score (nSPS) is 8.81. The molecule has 0 bridgehead atoms. The Morgan fingerprint density at radius 3 is 2.31 bits per heavy atom. The molecule has 1 aromatic carbocycles. The molecule has 1 amide bonds. The molecule has 0 heterocycles. The fraction of sp³-hybridized carbons (Fsp3) is 0.200. The summed E-state index contributed by atoms with van der Waals surface area (Å²) >= 11 is 0.